The lowest BCUT2D eigenvalue weighted by Crippen LogP contribution is -2.40. The van der Waals surface area contributed by atoms with E-state index in [0.717, 1.165) is 25.6 Å². The standard InChI is InChI=1S/C21H37N5O/c1-7-22-21(23-15-14-20(27)26(8-2)9-3)24-16-19(25(5)6)18-12-10-17(4)11-13-18/h10-13,19H,7-9,14-16H2,1-6H3,(H2,22,23,24). The molecule has 0 fully saturated rings. The highest BCUT2D eigenvalue weighted by molar-refractivity contribution is 5.81. The summed E-state index contributed by atoms with van der Waals surface area (Å²) < 4.78 is 0. The predicted molar refractivity (Wildman–Crippen MR) is 114 cm³/mol. The van der Waals surface area contributed by atoms with Crippen molar-refractivity contribution in [1.82, 2.24) is 20.4 Å². The summed E-state index contributed by atoms with van der Waals surface area (Å²) >= 11 is 0. The summed E-state index contributed by atoms with van der Waals surface area (Å²) in [6.45, 7) is 11.7. The number of guanidine groups is 1. The number of benzene rings is 1. The van der Waals surface area contributed by atoms with Gasteiger partial charge >= 0.3 is 0 Å². The number of carbonyl (C=O) groups excluding carboxylic acids is 1. The van der Waals surface area contributed by atoms with Gasteiger partial charge in [-0.3, -0.25) is 9.79 Å². The first kappa shape index (κ1) is 23.0. The molecule has 0 aliphatic carbocycles. The van der Waals surface area contributed by atoms with E-state index in [9.17, 15) is 4.79 Å². The number of hydrogen-bond donors (Lipinski definition) is 2. The zero-order chi connectivity index (χ0) is 20.2. The quantitative estimate of drug-likeness (QED) is 0.487. The van der Waals surface area contributed by atoms with Crippen LogP contribution in [0.1, 0.15) is 44.4 Å². The molecule has 1 aromatic carbocycles. The number of likely N-dealkylation sites (N-methyl/N-ethyl adjacent to an activating group) is 1. The summed E-state index contributed by atoms with van der Waals surface area (Å²) in [5.74, 6) is 0.929. The average molecular weight is 376 g/mol. The van der Waals surface area contributed by atoms with Crippen LogP contribution in [0.2, 0.25) is 0 Å². The maximum Gasteiger partial charge on any atom is 0.224 e. The molecular formula is C21H37N5O. The molecule has 1 rings (SSSR count). The van der Waals surface area contributed by atoms with E-state index in [0.29, 0.717) is 19.5 Å². The topological polar surface area (TPSA) is 60.0 Å². The van der Waals surface area contributed by atoms with Crippen LogP contribution < -0.4 is 10.6 Å². The average Bonchev–Trinajstić information content (AvgIpc) is 2.64. The molecule has 6 heteroatoms. The first-order valence-electron chi connectivity index (χ1n) is 9.95. The van der Waals surface area contributed by atoms with Crippen LogP contribution in [0.5, 0.6) is 0 Å². The van der Waals surface area contributed by atoms with Crippen LogP contribution >= 0.6 is 0 Å². The number of carbonyl (C=O) groups is 1. The molecule has 1 atom stereocenters. The molecule has 27 heavy (non-hydrogen) atoms. The fraction of sp³-hybridized carbons (Fsp3) is 0.619. The number of nitrogens with one attached hydrogen (secondary N) is 2. The fourth-order valence-electron chi connectivity index (χ4n) is 2.90. The molecule has 0 saturated heterocycles. The van der Waals surface area contributed by atoms with Gasteiger partial charge in [0.2, 0.25) is 5.91 Å². The normalized spacial score (nSPS) is 12.8. The van der Waals surface area contributed by atoms with E-state index < -0.39 is 0 Å². The Balaban J connectivity index is 2.69. The van der Waals surface area contributed by atoms with Crippen LogP contribution in [-0.4, -0.2) is 68.5 Å². The van der Waals surface area contributed by atoms with Gasteiger partial charge in [-0.1, -0.05) is 29.8 Å². The summed E-state index contributed by atoms with van der Waals surface area (Å²) in [7, 11) is 4.15. The minimum Gasteiger partial charge on any atom is -0.357 e. The maximum absolute atomic E-state index is 12.1. The van der Waals surface area contributed by atoms with E-state index in [1.54, 1.807) is 0 Å². The molecule has 0 aromatic heterocycles. The van der Waals surface area contributed by atoms with Gasteiger partial charge in [0.1, 0.15) is 0 Å². The van der Waals surface area contributed by atoms with Crippen LogP contribution in [0.3, 0.4) is 0 Å². The molecule has 1 unspecified atom stereocenters. The zero-order valence-electron chi connectivity index (χ0n) is 17.9. The molecule has 1 aromatic rings. The molecule has 0 radical (unpaired) electrons. The van der Waals surface area contributed by atoms with Gasteiger partial charge < -0.3 is 20.4 Å². The lowest BCUT2D eigenvalue weighted by Gasteiger charge is -2.24. The van der Waals surface area contributed by atoms with E-state index >= 15 is 0 Å². The Hall–Kier alpha value is -2.08. The maximum atomic E-state index is 12.1. The number of aliphatic imine (C=N–C) groups is 1. The van der Waals surface area contributed by atoms with Gasteiger partial charge in [0.15, 0.2) is 5.96 Å². The summed E-state index contributed by atoms with van der Waals surface area (Å²) in [4.78, 5) is 20.9. The van der Waals surface area contributed by atoms with Gasteiger partial charge in [-0.05, 0) is 47.4 Å². The predicted octanol–water partition coefficient (Wildman–Crippen LogP) is 2.41. The minimum atomic E-state index is 0.175. The number of hydrogen-bond acceptors (Lipinski definition) is 3. The molecule has 0 saturated carbocycles. The lowest BCUT2D eigenvalue weighted by atomic mass is 10.0. The summed E-state index contributed by atoms with van der Waals surface area (Å²) in [6.07, 6.45) is 0.473. The molecule has 1 amide bonds. The molecule has 0 aliphatic heterocycles. The fourth-order valence-corrected chi connectivity index (χ4v) is 2.90. The van der Waals surface area contributed by atoms with Gasteiger partial charge in [-0.2, -0.15) is 0 Å². The Bertz CT molecular complexity index is 579. The second-order valence-corrected chi connectivity index (χ2v) is 6.85. The molecule has 0 aliphatic rings. The minimum absolute atomic E-state index is 0.175. The van der Waals surface area contributed by atoms with Crippen LogP contribution in [-0.2, 0) is 4.79 Å². The van der Waals surface area contributed by atoms with Gasteiger partial charge in [0.05, 0.1) is 12.6 Å². The van der Waals surface area contributed by atoms with Crippen molar-refractivity contribution in [3.05, 3.63) is 35.4 Å². The smallest absolute Gasteiger partial charge is 0.224 e. The van der Waals surface area contributed by atoms with Gasteiger partial charge in [-0.25, -0.2) is 0 Å². The number of amides is 1. The largest absolute Gasteiger partial charge is 0.357 e. The Morgan fingerprint density at radius 2 is 1.70 bits per heavy atom. The van der Waals surface area contributed by atoms with Gasteiger partial charge in [-0.15, -0.1) is 0 Å². The van der Waals surface area contributed by atoms with Crippen molar-refractivity contribution in [2.24, 2.45) is 4.99 Å². The molecule has 0 spiro atoms. The molecule has 152 valence electrons. The Morgan fingerprint density at radius 3 is 2.22 bits per heavy atom. The van der Waals surface area contributed by atoms with E-state index in [4.69, 9.17) is 4.99 Å². The highest BCUT2D eigenvalue weighted by atomic mass is 16.2. The van der Waals surface area contributed by atoms with E-state index in [-0.39, 0.29) is 11.9 Å². The highest BCUT2D eigenvalue weighted by Crippen LogP contribution is 2.19. The van der Waals surface area contributed by atoms with Gasteiger partial charge in [0.25, 0.3) is 0 Å². The molecule has 0 heterocycles. The molecule has 0 bridgehead atoms. The van der Waals surface area contributed by atoms with E-state index in [1.807, 2.05) is 25.7 Å². The number of nitrogens with zero attached hydrogens (tertiary/aromatic N) is 3. The van der Waals surface area contributed by atoms with Crippen molar-refractivity contribution < 1.29 is 4.79 Å². The molecular weight excluding hydrogens is 338 g/mol. The van der Waals surface area contributed by atoms with Crippen molar-refractivity contribution in [2.75, 3.05) is 46.8 Å². The monoisotopic (exact) mass is 375 g/mol. The highest BCUT2D eigenvalue weighted by Gasteiger charge is 2.14. The Kier molecular flexibility index (Phi) is 10.5. The molecule has 6 nitrogen and oxygen atoms in total. The van der Waals surface area contributed by atoms with Crippen molar-refractivity contribution in [3.63, 3.8) is 0 Å². The van der Waals surface area contributed by atoms with Crippen LogP contribution in [0.15, 0.2) is 29.3 Å². The number of rotatable bonds is 10. The zero-order valence-corrected chi connectivity index (χ0v) is 17.9. The second kappa shape index (κ2) is 12.3. The second-order valence-electron chi connectivity index (χ2n) is 6.85. The number of aryl methyl sites for hydroxylation is 1. The van der Waals surface area contributed by atoms with Crippen LogP contribution in [0.4, 0.5) is 0 Å². The molecule has 2 N–H and O–H groups in total. The first-order chi connectivity index (χ1) is 12.9. The third-order valence-electron chi connectivity index (χ3n) is 4.60. The Labute approximate surface area is 165 Å². The third-order valence-corrected chi connectivity index (χ3v) is 4.60. The first-order valence-corrected chi connectivity index (χ1v) is 9.95. The van der Waals surface area contributed by atoms with Crippen molar-refractivity contribution in [3.8, 4) is 0 Å². The van der Waals surface area contributed by atoms with E-state index in [2.05, 4.69) is 60.8 Å². The Morgan fingerprint density at radius 1 is 1.07 bits per heavy atom. The van der Waals surface area contributed by atoms with Crippen LogP contribution in [0, 0.1) is 6.92 Å². The van der Waals surface area contributed by atoms with Crippen molar-refractivity contribution >= 4 is 11.9 Å². The van der Waals surface area contributed by atoms with Crippen molar-refractivity contribution in [1.29, 1.82) is 0 Å². The SMILES string of the molecule is CCNC(=NCC(c1ccc(C)cc1)N(C)C)NCCC(=O)N(CC)CC. The van der Waals surface area contributed by atoms with Crippen molar-refractivity contribution in [2.45, 2.75) is 40.2 Å². The summed E-state index contributed by atoms with van der Waals surface area (Å²) in [5.41, 5.74) is 2.51. The summed E-state index contributed by atoms with van der Waals surface area (Å²) in [6, 6.07) is 8.81. The summed E-state index contributed by atoms with van der Waals surface area (Å²) in [5, 5.41) is 6.55. The third kappa shape index (κ3) is 7.99. The lowest BCUT2D eigenvalue weighted by molar-refractivity contribution is -0.130. The van der Waals surface area contributed by atoms with E-state index in [1.165, 1.54) is 11.1 Å². The van der Waals surface area contributed by atoms with Crippen LogP contribution in [0.25, 0.3) is 0 Å². The van der Waals surface area contributed by atoms with Gasteiger partial charge in [0, 0.05) is 32.6 Å².